The molecule has 1 atom stereocenters. The minimum atomic E-state index is 0.0871. The first-order valence-electron chi connectivity index (χ1n) is 5.86. The van der Waals surface area contributed by atoms with Gasteiger partial charge in [0, 0.05) is 42.1 Å². The number of rotatable bonds is 3. The van der Waals surface area contributed by atoms with E-state index in [1.54, 1.807) is 11.3 Å². The molecule has 1 aliphatic rings. The molecule has 1 fully saturated rings. The summed E-state index contributed by atoms with van der Waals surface area (Å²) in [5.74, 6) is 0.651. The summed E-state index contributed by atoms with van der Waals surface area (Å²) < 4.78 is 7.66. The van der Waals surface area contributed by atoms with E-state index in [0.29, 0.717) is 5.88 Å². The van der Waals surface area contributed by atoms with Crippen molar-refractivity contribution in [1.82, 2.24) is 9.38 Å². The predicted octanol–water partition coefficient (Wildman–Crippen LogP) is 2.97. The number of fused-ring (bicyclic) bond motifs is 1. The van der Waals surface area contributed by atoms with Crippen LogP contribution in [0.1, 0.15) is 18.5 Å². The monoisotopic (exact) mass is 270 g/mol. The van der Waals surface area contributed by atoms with Crippen molar-refractivity contribution in [1.29, 1.82) is 0 Å². The van der Waals surface area contributed by atoms with Gasteiger partial charge in [0.25, 0.3) is 0 Å². The number of ether oxygens (including phenoxy) is 1. The van der Waals surface area contributed by atoms with Crippen molar-refractivity contribution >= 4 is 27.9 Å². The van der Waals surface area contributed by atoms with Crippen LogP contribution < -0.4 is 0 Å². The van der Waals surface area contributed by atoms with E-state index in [1.165, 1.54) is 0 Å². The largest absolute Gasteiger partial charge is 0.381 e. The molecule has 0 spiro atoms. The van der Waals surface area contributed by atoms with E-state index in [0.717, 1.165) is 43.1 Å². The van der Waals surface area contributed by atoms with Crippen LogP contribution in [-0.2, 0) is 11.2 Å². The van der Waals surface area contributed by atoms with Crippen LogP contribution in [0.4, 0.5) is 0 Å². The molecule has 17 heavy (non-hydrogen) atoms. The van der Waals surface area contributed by atoms with E-state index < -0.39 is 0 Å². The molecule has 2 aromatic rings. The quantitative estimate of drug-likeness (QED) is 0.802. The van der Waals surface area contributed by atoms with Gasteiger partial charge in [-0.3, -0.25) is 4.40 Å². The van der Waals surface area contributed by atoms with E-state index in [2.05, 4.69) is 15.6 Å². The van der Waals surface area contributed by atoms with E-state index in [-0.39, 0.29) is 5.41 Å². The number of hydrogen-bond donors (Lipinski definition) is 0. The van der Waals surface area contributed by atoms with Gasteiger partial charge in [-0.25, -0.2) is 4.98 Å². The van der Waals surface area contributed by atoms with E-state index in [4.69, 9.17) is 16.3 Å². The van der Waals surface area contributed by atoms with E-state index in [9.17, 15) is 0 Å². The second kappa shape index (κ2) is 4.59. The van der Waals surface area contributed by atoms with E-state index in [1.807, 2.05) is 11.6 Å². The number of thiazole rings is 1. The molecule has 0 bridgehead atoms. The maximum atomic E-state index is 6.15. The van der Waals surface area contributed by atoms with Crippen LogP contribution in [0, 0.1) is 5.41 Å². The van der Waals surface area contributed by atoms with Crippen LogP contribution in [0.2, 0.25) is 0 Å². The lowest BCUT2D eigenvalue weighted by Gasteiger charge is -2.34. The summed E-state index contributed by atoms with van der Waals surface area (Å²) in [7, 11) is 0. The van der Waals surface area contributed by atoms with Crippen molar-refractivity contribution in [3.05, 3.63) is 23.5 Å². The third-order valence-electron chi connectivity index (χ3n) is 3.39. The lowest BCUT2D eigenvalue weighted by molar-refractivity contribution is 0.00436. The molecule has 92 valence electrons. The number of aromatic nitrogens is 2. The first-order chi connectivity index (χ1) is 8.31. The molecule has 3 rings (SSSR count). The summed E-state index contributed by atoms with van der Waals surface area (Å²) in [6, 6.07) is 0. The number of imidazole rings is 1. The molecule has 0 saturated carbocycles. The minimum absolute atomic E-state index is 0.0871. The predicted molar refractivity (Wildman–Crippen MR) is 70.0 cm³/mol. The Kier molecular flexibility index (Phi) is 3.11. The Morgan fingerprint density at radius 2 is 2.53 bits per heavy atom. The molecule has 2 aromatic heterocycles. The van der Waals surface area contributed by atoms with Crippen molar-refractivity contribution in [3.8, 4) is 0 Å². The highest BCUT2D eigenvalue weighted by molar-refractivity contribution is 7.15. The summed E-state index contributed by atoms with van der Waals surface area (Å²) in [4.78, 5) is 5.68. The second-order valence-electron chi connectivity index (χ2n) is 4.79. The molecule has 5 heteroatoms. The van der Waals surface area contributed by atoms with Crippen LogP contribution in [0.3, 0.4) is 0 Å². The highest BCUT2D eigenvalue weighted by Crippen LogP contribution is 2.33. The first kappa shape index (κ1) is 11.5. The van der Waals surface area contributed by atoms with Gasteiger partial charge in [0.15, 0.2) is 4.96 Å². The standard InChI is InChI=1S/C12H15ClN2OS/c13-8-12(2-1-4-16-9-12)6-10-7-15-3-5-17-11(15)14-10/h3,5,7H,1-2,4,6,8-9H2. The van der Waals surface area contributed by atoms with Crippen molar-refractivity contribution < 1.29 is 4.74 Å². The van der Waals surface area contributed by atoms with Gasteiger partial charge in [-0.05, 0) is 12.8 Å². The summed E-state index contributed by atoms with van der Waals surface area (Å²) >= 11 is 7.81. The number of hydrogen-bond acceptors (Lipinski definition) is 3. The van der Waals surface area contributed by atoms with Crippen LogP contribution in [0.25, 0.3) is 4.96 Å². The molecule has 1 aliphatic heterocycles. The summed E-state index contributed by atoms with van der Waals surface area (Å²) in [6.07, 6.45) is 7.32. The number of nitrogens with zero attached hydrogens (tertiary/aromatic N) is 2. The minimum Gasteiger partial charge on any atom is -0.381 e. The van der Waals surface area contributed by atoms with Crippen molar-refractivity contribution in [2.45, 2.75) is 19.3 Å². The Labute approximate surface area is 109 Å². The topological polar surface area (TPSA) is 26.5 Å². The Morgan fingerprint density at radius 1 is 1.59 bits per heavy atom. The zero-order valence-electron chi connectivity index (χ0n) is 9.56. The fourth-order valence-electron chi connectivity index (χ4n) is 2.45. The van der Waals surface area contributed by atoms with Gasteiger partial charge in [-0.2, -0.15) is 0 Å². The van der Waals surface area contributed by atoms with Crippen LogP contribution in [-0.4, -0.2) is 28.5 Å². The molecule has 3 nitrogen and oxygen atoms in total. The lowest BCUT2D eigenvalue weighted by atomic mass is 9.80. The fraction of sp³-hybridized carbons (Fsp3) is 0.583. The van der Waals surface area contributed by atoms with Gasteiger partial charge < -0.3 is 4.74 Å². The number of alkyl halides is 1. The smallest absolute Gasteiger partial charge is 0.193 e. The van der Waals surface area contributed by atoms with Crippen molar-refractivity contribution in [2.24, 2.45) is 5.41 Å². The summed E-state index contributed by atoms with van der Waals surface area (Å²) in [5.41, 5.74) is 1.21. The van der Waals surface area contributed by atoms with Gasteiger partial charge in [-0.1, -0.05) is 0 Å². The van der Waals surface area contributed by atoms with Crippen LogP contribution in [0.15, 0.2) is 17.8 Å². The number of halogens is 1. The van der Waals surface area contributed by atoms with Gasteiger partial charge in [0.05, 0.1) is 12.3 Å². The average Bonchev–Trinajstić information content (AvgIpc) is 2.91. The summed E-state index contributed by atoms with van der Waals surface area (Å²) in [6.45, 7) is 1.64. The molecular formula is C12H15ClN2OS. The highest BCUT2D eigenvalue weighted by atomic mass is 35.5. The molecule has 0 amide bonds. The normalized spacial score (nSPS) is 25.5. The third kappa shape index (κ3) is 2.21. The molecule has 0 N–H and O–H groups in total. The van der Waals surface area contributed by atoms with Crippen molar-refractivity contribution in [2.75, 3.05) is 19.1 Å². The van der Waals surface area contributed by atoms with Gasteiger partial charge in [0.1, 0.15) is 0 Å². The van der Waals surface area contributed by atoms with Gasteiger partial charge >= 0.3 is 0 Å². The van der Waals surface area contributed by atoms with Gasteiger partial charge in [0.2, 0.25) is 0 Å². The van der Waals surface area contributed by atoms with Crippen LogP contribution in [0.5, 0.6) is 0 Å². The summed E-state index contributed by atoms with van der Waals surface area (Å²) in [5, 5.41) is 2.05. The third-order valence-corrected chi connectivity index (χ3v) is 4.72. The Bertz CT molecular complexity index is 473. The maximum Gasteiger partial charge on any atom is 0.193 e. The molecule has 1 unspecified atom stereocenters. The molecule has 1 saturated heterocycles. The molecule has 0 aromatic carbocycles. The highest BCUT2D eigenvalue weighted by Gasteiger charge is 2.33. The molecule has 3 heterocycles. The zero-order valence-corrected chi connectivity index (χ0v) is 11.1. The second-order valence-corrected chi connectivity index (χ2v) is 5.93. The van der Waals surface area contributed by atoms with Crippen molar-refractivity contribution in [3.63, 3.8) is 0 Å². The van der Waals surface area contributed by atoms with Gasteiger partial charge in [-0.15, -0.1) is 22.9 Å². The van der Waals surface area contributed by atoms with Crippen LogP contribution >= 0.6 is 22.9 Å². The lowest BCUT2D eigenvalue weighted by Crippen LogP contribution is -2.35. The zero-order chi connectivity index (χ0) is 11.7. The Balaban J connectivity index is 1.82. The molecule has 0 aliphatic carbocycles. The Morgan fingerprint density at radius 3 is 3.24 bits per heavy atom. The fourth-order valence-corrected chi connectivity index (χ4v) is 3.47. The van der Waals surface area contributed by atoms with E-state index >= 15 is 0 Å². The average molecular weight is 271 g/mol. The Hall–Kier alpha value is -0.580. The molecule has 0 radical (unpaired) electrons. The molecular weight excluding hydrogens is 256 g/mol. The first-order valence-corrected chi connectivity index (χ1v) is 7.28. The maximum absolute atomic E-state index is 6.15. The SMILES string of the molecule is ClCC1(Cc2cn3ccsc3n2)CCCOC1.